The number of rotatable bonds is 6. The summed E-state index contributed by atoms with van der Waals surface area (Å²) in [4.78, 5) is 20.0. The maximum Gasteiger partial charge on any atom is 0.358 e. The molecular formula is C28H29ClN4O2. The Morgan fingerprint density at radius 3 is 2.17 bits per heavy atom. The maximum atomic E-state index is 11.7. The summed E-state index contributed by atoms with van der Waals surface area (Å²) in [7, 11) is 1.32. The Morgan fingerprint density at radius 1 is 0.943 bits per heavy atom. The van der Waals surface area contributed by atoms with E-state index < -0.39 is 5.97 Å². The van der Waals surface area contributed by atoms with E-state index >= 15 is 0 Å². The van der Waals surface area contributed by atoms with Crippen molar-refractivity contribution in [1.29, 1.82) is 0 Å². The van der Waals surface area contributed by atoms with Crippen molar-refractivity contribution in [2.75, 3.05) is 17.7 Å². The smallest absolute Gasteiger partial charge is 0.358 e. The Kier molecular flexibility index (Phi) is 5.64. The van der Waals surface area contributed by atoms with Crippen LogP contribution in [0, 0.1) is 17.8 Å². The molecule has 35 heavy (non-hydrogen) atoms. The number of anilines is 4. The Bertz CT molecular complexity index is 1220. The summed E-state index contributed by atoms with van der Waals surface area (Å²) in [5, 5.41) is 7.38. The van der Waals surface area contributed by atoms with Gasteiger partial charge < -0.3 is 15.4 Å². The summed E-state index contributed by atoms with van der Waals surface area (Å²) in [5.74, 6) is 2.69. The number of esters is 1. The van der Waals surface area contributed by atoms with E-state index in [0.29, 0.717) is 11.2 Å². The minimum atomic E-state index is -0.521. The summed E-state index contributed by atoms with van der Waals surface area (Å²) in [6, 6.07) is 14.5. The highest BCUT2D eigenvalue weighted by atomic mass is 35.5. The molecule has 0 amide bonds. The van der Waals surface area contributed by atoms with Gasteiger partial charge in [0.2, 0.25) is 0 Å². The van der Waals surface area contributed by atoms with Crippen molar-refractivity contribution >= 4 is 40.5 Å². The van der Waals surface area contributed by atoms with Crippen molar-refractivity contribution < 1.29 is 9.53 Å². The predicted octanol–water partition coefficient (Wildman–Crippen LogP) is 6.87. The van der Waals surface area contributed by atoms with Crippen LogP contribution in [0.2, 0.25) is 5.02 Å². The minimum Gasteiger partial charge on any atom is -0.464 e. The number of halogens is 1. The highest BCUT2D eigenvalue weighted by molar-refractivity contribution is 6.33. The second kappa shape index (κ2) is 8.83. The van der Waals surface area contributed by atoms with Crippen molar-refractivity contribution in [3.63, 3.8) is 0 Å². The van der Waals surface area contributed by atoms with Crippen LogP contribution in [-0.4, -0.2) is 23.0 Å². The van der Waals surface area contributed by atoms with Gasteiger partial charge in [0, 0.05) is 11.4 Å². The number of hydrogen-bond acceptors (Lipinski definition) is 6. The molecule has 0 atom stereocenters. The Balaban J connectivity index is 1.14. The lowest BCUT2D eigenvalue weighted by molar-refractivity contribution is -0.00517. The lowest BCUT2D eigenvalue weighted by atomic mass is 9.48. The Hall–Kier alpha value is -3.12. The van der Waals surface area contributed by atoms with Gasteiger partial charge in [0.25, 0.3) is 0 Å². The zero-order valence-corrected chi connectivity index (χ0v) is 20.5. The summed E-state index contributed by atoms with van der Waals surface area (Å²) >= 11 is 6.78. The first kappa shape index (κ1) is 22.4. The molecule has 7 heteroatoms. The summed E-state index contributed by atoms with van der Waals surface area (Å²) in [5.41, 5.74) is 4.62. The fraction of sp³-hybridized carbons (Fsp3) is 0.393. The third-order valence-corrected chi connectivity index (χ3v) is 8.40. The van der Waals surface area contributed by atoms with E-state index in [1.807, 2.05) is 24.3 Å². The van der Waals surface area contributed by atoms with Crippen molar-refractivity contribution in [1.82, 2.24) is 9.97 Å². The van der Waals surface area contributed by atoms with Crippen LogP contribution >= 0.6 is 11.6 Å². The van der Waals surface area contributed by atoms with E-state index in [-0.39, 0.29) is 5.69 Å². The van der Waals surface area contributed by atoms with E-state index in [1.54, 1.807) is 6.20 Å². The van der Waals surface area contributed by atoms with Crippen molar-refractivity contribution in [2.45, 2.75) is 43.9 Å². The van der Waals surface area contributed by atoms with Crippen LogP contribution in [0.25, 0.3) is 0 Å². The van der Waals surface area contributed by atoms with Crippen LogP contribution in [0.15, 0.2) is 54.9 Å². The number of carbonyl (C=O) groups excluding carboxylic acids is 1. The molecule has 0 saturated heterocycles. The number of nitrogens with zero attached hydrogens (tertiary/aromatic N) is 2. The quantitative estimate of drug-likeness (QED) is 0.368. The molecule has 0 radical (unpaired) electrons. The van der Waals surface area contributed by atoms with Gasteiger partial charge in [-0.3, -0.25) is 4.98 Å². The van der Waals surface area contributed by atoms with Crippen LogP contribution in [0.5, 0.6) is 0 Å². The highest BCUT2D eigenvalue weighted by Gasteiger charge is 2.51. The number of aromatic nitrogens is 2. The standard InChI is InChI=1S/C28H29ClN4O2/c1-35-27(34)25-15-30-16-26(33-25)32-22-5-3-21(4-6-22)31-24-7-2-20(11-23(24)29)28-12-17-8-18(13-28)10-19(9-17)14-28/h2-7,11,15-19,31H,8-10,12-14H2,1H3,(H,32,33). The Morgan fingerprint density at radius 2 is 1.57 bits per heavy atom. The molecule has 2 N–H and O–H groups in total. The third kappa shape index (κ3) is 4.36. The monoisotopic (exact) mass is 488 g/mol. The first-order valence-corrected chi connectivity index (χ1v) is 12.7. The van der Waals surface area contributed by atoms with Crippen molar-refractivity contribution in [3.8, 4) is 0 Å². The van der Waals surface area contributed by atoms with Crippen LogP contribution in [0.4, 0.5) is 22.9 Å². The molecule has 6 nitrogen and oxygen atoms in total. The Labute approximate surface area is 210 Å². The molecule has 0 unspecified atom stereocenters. The molecule has 1 heterocycles. The second-order valence-corrected chi connectivity index (χ2v) is 10.9. The molecule has 4 bridgehead atoms. The van der Waals surface area contributed by atoms with E-state index in [2.05, 4.69) is 38.8 Å². The van der Waals surface area contributed by atoms with Crippen LogP contribution in [0.1, 0.15) is 54.6 Å². The van der Waals surface area contributed by atoms with E-state index in [4.69, 9.17) is 16.3 Å². The topological polar surface area (TPSA) is 76.1 Å². The number of hydrogen-bond donors (Lipinski definition) is 2. The lowest BCUT2D eigenvalue weighted by Gasteiger charge is -2.57. The molecular weight excluding hydrogens is 460 g/mol. The van der Waals surface area contributed by atoms with Gasteiger partial charge in [-0.05, 0) is 104 Å². The molecule has 1 aromatic heterocycles. The average Bonchev–Trinajstić information content (AvgIpc) is 2.85. The molecule has 2 aromatic carbocycles. The van der Waals surface area contributed by atoms with Crippen LogP contribution in [0.3, 0.4) is 0 Å². The van der Waals surface area contributed by atoms with Gasteiger partial charge in [0.1, 0.15) is 5.82 Å². The van der Waals surface area contributed by atoms with Gasteiger partial charge in [-0.1, -0.05) is 17.7 Å². The minimum absolute atomic E-state index is 0.155. The molecule has 7 rings (SSSR count). The van der Waals surface area contributed by atoms with Gasteiger partial charge in [0.05, 0.1) is 30.2 Å². The van der Waals surface area contributed by atoms with Crippen molar-refractivity contribution in [2.24, 2.45) is 17.8 Å². The van der Waals surface area contributed by atoms with Gasteiger partial charge in [-0.15, -0.1) is 0 Å². The number of nitrogens with one attached hydrogen (secondary N) is 2. The lowest BCUT2D eigenvalue weighted by Crippen LogP contribution is -2.48. The third-order valence-electron chi connectivity index (χ3n) is 8.09. The maximum absolute atomic E-state index is 11.7. The molecule has 4 saturated carbocycles. The first-order valence-electron chi connectivity index (χ1n) is 12.3. The van der Waals surface area contributed by atoms with Crippen LogP contribution in [-0.2, 0) is 10.2 Å². The zero-order chi connectivity index (χ0) is 24.0. The SMILES string of the molecule is COC(=O)c1cncc(Nc2ccc(Nc3ccc(C45CC6CC(CC(C6)C4)C5)cc3Cl)cc2)n1. The van der Waals surface area contributed by atoms with Gasteiger partial charge in [-0.25, -0.2) is 9.78 Å². The molecule has 0 aliphatic heterocycles. The molecule has 4 aliphatic carbocycles. The number of benzene rings is 2. The zero-order valence-electron chi connectivity index (χ0n) is 19.8. The summed E-state index contributed by atoms with van der Waals surface area (Å²) < 4.78 is 4.70. The number of methoxy groups -OCH3 is 1. The van der Waals surface area contributed by atoms with E-state index in [9.17, 15) is 4.79 Å². The van der Waals surface area contributed by atoms with Gasteiger partial charge in [-0.2, -0.15) is 0 Å². The fourth-order valence-electron chi connectivity index (χ4n) is 6.98. The molecule has 4 aliphatic rings. The summed E-state index contributed by atoms with van der Waals surface area (Å²) in [6.45, 7) is 0. The fourth-order valence-corrected chi connectivity index (χ4v) is 7.21. The normalized spacial score (nSPS) is 26.4. The van der Waals surface area contributed by atoms with Crippen molar-refractivity contribution in [3.05, 3.63) is 71.1 Å². The van der Waals surface area contributed by atoms with E-state index in [0.717, 1.165) is 39.8 Å². The number of carbonyl (C=O) groups is 1. The summed E-state index contributed by atoms with van der Waals surface area (Å²) in [6.07, 6.45) is 11.3. The number of ether oxygens (including phenoxy) is 1. The molecule has 180 valence electrons. The second-order valence-electron chi connectivity index (χ2n) is 10.5. The molecule has 3 aromatic rings. The molecule has 4 fully saturated rings. The predicted molar refractivity (Wildman–Crippen MR) is 138 cm³/mol. The molecule has 0 spiro atoms. The van der Waals surface area contributed by atoms with Crippen LogP contribution < -0.4 is 10.6 Å². The highest BCUT2D eigenvalue weighted by Crippen LogP contribution is 2.61. The van der Waals surface area contributed by atoms with E-state index in [1.165, 1.54) is 57.4 Å². The average molecular weight is 489 g/mol. The first-order chi connectivity index (χ1) is 17.0. The largest absolute Gasteiger partial charge is 0.464 e. The van der Waals surface area contributed by atoms with Gasteiger partial charge in [0.15, 0.2) is 5.69 Å². The van der Waals surface area contributed by atoms with Gasteiger partial charge >= 0.3 is 5.97 Å².